The van der Waals surface area contributed by atoms with Crippen molar-refractivity contribution in [3.63, 3.8) is 0 Å². The molecule has 0 bridgehead atoms. The Morgan fingerprint density at radius 2 is 1.96 bits per heavy atom. The van der Waals surface area contributed by atoms with Crippen molar-refractivity contribution in [1.82, 2.24) is 15.6 Å². The maximum absolute atomic E-state index is 10.3. The molecule has 0 aromatic carbocycles. The molecule has 0 spiro atoms. The van der Waals surface area contributed by atoms with E-state index >= 15 is 0 Å². The molecule has 2 unspecified atom stereocenters. The molecular weight excluding hydrogens is 439 g/mol. The second-order valence-electron chi connectivity index (χ2n) is 7.14. The third kappa shape index (κ3) is 8.66. The highest BCUT2D eigenvalue weighted by Crippen LogP contribution is 2.27. The number of hydrogen-bond acceptors (Lipinski definition) is 3. The topological polar surface area (TPSA) is 69.5 Å². The number of nitrogens with one attached hydrogen (secondary N) is 2. The molecule has 148 valence electrons. The van der Waals surface area contributed by atoms with Gasteiger partial charge < -0.3 is 15.7 Å². The third-order valence-electron chi connectivity index (χ3n) is 4.97. The fraction of sp³-hybridized carbons (Fsp3) is 0.700. The highest BCUT2D eigenvalue weighted by molar-refractivity contribution is 14.0. The summed E-state index contributed by atoms with van der Waals surface area (Å²) >= 11 is 0. The van der Waals surface area contributed by atoms with Crippen molar-refractivity contribution in [2.45, 2.75) is 70.9 Å². The number of hydrogen-bond donors (Lipinski definition) is 3. The predicted octanol–water partition coefficient (Wildman–Crippen LogP) is 4.04. The molecule has 3 N–H and O–H groups in total. The van der Waals surface area contributed by atoms with Crippen LogP contribution in [0.5, 0.6) is 0 Å². The summed E-state index contributed by atoms with van der Waals surface area (Å²) in [4.78, 5) is 8.53. The molecule has 1 heterocycles. The van der Waals surface area contributed by atoms with Gasteiger partial charge in [-0.25, -0.2) is 0 Å². The number of rotatable bonds is 8. The number of aliphatic hydroxyl groups is 1. The number of nitrogens with zero attached hydrogens (tertiary/aromatic N) is 2. The summed E-state index contributed by atoms with van der Waals surface area (Å²) in [6.45, 7) is 5.43. The highest BCUT2D eigenvalue weighted by Gasteiger charge is 2.15. The van der Waals surface area contributed by atoms with Gasteiger partial charge in [0, 0.05) is 25.0 Å². The Labute approximate surface area is 175 Å². The zero-order valence-electron chi connectivity index (χ0n) is 16.2. The van der Waals surface area contributed by atoms with Crippen LogP contribution in [0, 0.1) is 5.92 Å². The van der Waals surface area contributed by atoms with Crippen LogP contribution >= 0.6 is 24.0 Å². The zero-order valence-corrected chi connectivity index (χ0v) is 18.5. The molecule has 1 aliphatic carbocycles. The van der Waals surface area contributed by atoms with Gasteiger partial charge in [0.2, 0.25) is 0 Å². The molecule has 26 heavy (non-hydrogen) atoms. The van der Waals surface area contributed by atoms with E-state index in [1.165, 1.54) is 44.9 Å². The van der Waals surface area contributed by atoms with Crippen LogP contribution in [0.15, 0.2) is 29.5 Å². The maximum atomic E-state index is 10.3. The summed E-state index contributed by atoms with van der Waals surface area (Å²) < 4.78 is 0. The number of pyridine rings is 1. The van der Waals surface area contributed by atoms with Crippen molar-refractivity contribution < 1.29 is 5.11 Å². The first kappa shape index (κ1) is 23.1. The molecular formula is C20H35IN4O. The fourth-order valence-corrected chi connectivity index (χ4v) is 3.46. The highest BCUT2D eigenvalue weighted by atomic mass is 127. The van der Waals surface area contributed by atoms with Gasteiger partial charge in [-0.15, -0.1) is 24.0 Å². The van der Waals surface area contributed by atoms with Gasteiger partial charge in [0.1, 0.15) is 0 Å². The summed E-state index contributed by atoms with van der Waals surface area (Å²) in [5, 5.41) is 17.0. The lowest BCUT2D eigenvalue weighted by Gasteiger charge is -2.24. The van der Waals surface area contributed by atoms with Crippen molar-refractivity contribution in [2.24, 2.45) is 10.9 Å². The molecule has 0 amide bonds. The van der Waals surface area contributed by atoms with E-state index in [4.69, 9.17) is 0 Å². The minimum Gasteiger partial charge on any atom is -0.386 e. The smallest absolute Gasteiger partial charge is 0.191 e. The number of guanidine groups is 1. The zero-order chi connectivity index (χ0) is 17.9. The Kier molecular flexibility index (Phi) is 11.8. The molecule has 0 radical (unpaired) electrons. The molecule has 2 atom stereocenters. The van der Waals surface area contributed by atoms with Gasteiger partial charge in [-0.05, 0) is 50.3 Å². The van der Waals surface area contributed by atoms with Gasteiger partial charge in [0.25, 0.3) is 0 Å². The molecule has 1 aromatic heterocycles. The quantitative estimate of drug-likeness (QED) is 0.302. The van der Waals surface area contributed by atoms with E-state index in [1.54, 1.807) is 12.4 Å². The SMILES string of the molecule is CCNC(=NCC(O)c1ccncc1)NC(C)CCC1CCCCC1.I. The Hall–Kier alpha value is -0.890. The summed E-state index contributed by atoms with van der Waals surface area (Å²) in [7, 11) is 0. The van der Waals surface area contributed by atoms with E-state index < -0.39 is 6.10 Å². The van der Waals surface area contributed by atoms with Crippen LogP contribution in [0.4, 0.5) is 0 Å². The van der Waals surface area contributed by atoms with Crippen molar-refractivity contribution >= 4 is 29.9 Å². The number of aliphatic hydroxyl groups excluding tert-OH is 1. The van der Waals surface area contributed by atoms with Crippen molar-refractivity contribution in [3.05, 3.63) is 30.1 Å². The minimum atomic E-state index is -0.601. The lowest BCUT2D eigenvalue weighted by atomic mass is 9.85. The molecule has 0 aliphatic heterocycles. The minimum absolute atomic E-state index is 0. The van der Waals surface area contributed by atoms with Gasteiger partial charge >= 0.3 is 0 Å². The molecule has 1 fully saturated rings. The van der Waals surface area contributed by atoms with E-state index in [0.717, 1.165) is 24.0 Å². The Morgan fingerprint density at radius 3 is 2.62 bits per heavy atom. The van der Waals surface area contributed by atoms with Gasteiger partial charge in [-0.1, -0.05) is 32.1 Å². The van der Waals surface area contributed by atoms with E-state index in [2.05, 4.69) is 34.5 Å². The average molecular weight is 474 g/mol. The lowest BCUT2D eigenvalue weighted by Crippen LogP contribution is -2.42. The molecule has 2 rings (SSSR count). The van der Waals surface area contributed by atoms with Gasteiger partial charge in [0.05, 0.1) is 12.6 Å². The van der Waals surface area contributed by atoms with Crippen LogP contribution in [-0.2, 0) is 0 Å². The number of halogens is 1. The Bertz CT molecular complexity index is 506. The number of aromatic nitrogens is 1. The van der Waals surface area contributed by atoms with Gasteiger partial charge in [0.15, 0.2) is 5.96 Å². The molecule has 1 saturated carbocycles. The van der Waals surface area contributed by atoms with Gasteiger partial charge in [-0.3, -0.25) is 9.98 Å². The number of aliphatic imine (C=N–C) groups is 1. The van der Waals surface area contributed by atoms with E-state index in [9.17, 15) is 5.11 Å². The maximum Gasteiger partial charge on any atom is 0.191 e. The second kappa shape index (κ2) is 13.3. The molecule has 1 aromatic rings. The first-order valence-electron chi connectivity index (χ1n) is 9.82. The first-order chi connectivity index (χ1) is 12.2. The molecule has 0 saturated heterocycles. The first-order valence-corrected chi connectivity index (χ1v) is 9.82. The molecule has 1 aliphatic rings. The summed E-state index contributed by atoms with van der Waals surface area (Å²) in [5.41, 5.74) is 0.847. The van der Waals surface area contributed by atoms with E-state index in [0.29, 0.717) is 12.6 Å². The summed E-state index contributed by atoms with van der Waals surface area (Å²) in [6.07, 6.45) is 12.3. The second-order valence-corrected chi connectivity index (χ2v) is 7.14. The molecule has 5 nitrogen and oxygen atoms in total. The van der Waals surface area contributed by atoms with Crippen LogP contribution in [0.2, 0.25) is 0 Å². The molecule has 6 heteroatoms. The largest absolute Gasteiger partial charge is 0.386 e. The summed E-state index contributed by atoms with van der Waals surface area (Å²) in [6, 6.07) is 4.04. The normalized spacial score (nSPS) is 17.9. The van der Waals surface area contributed by atoms with Crippen LogP contribution in [-0.4, -0.2) is 35.2 Å². The standard InChI is InChI=1S/C20H34N4O.HI/c1-3-22-20(23-15-19(25)18-11-13-21-14-12-18)24-16(2)9-10-17-7-5-4-6-8-17;/h11-14,16-17,19,25H,3-10,15H2,1-2H3,(H2,22,23,24);1H. The van der Waals surface area contributed by atoms with Crippen LogP contribution in [0.3, 0.4) is 0 Å². The fourth-order valence-electron chi connectivity index (χ4n) is 3.46. The Balaban J connectivity index is 0.00000338. The van der Waals surface area contributed by atoms with Crippen LogP contribution in [0.1, 0.15) is 70.5 Å². The van der Waals surface area contributed by atoms with E-state index in [1.807, 2.05) is 12.1 Å². The lowest BCUT2D eigenvalue weighted by molar-refractivity contribution is 0.187. The van der Waals surface area contributed by atoms with Crippen molar-refractivity contribution in [1.29, 1.82) is 0 Å². The van der Waals surface area contributed by atoms with Crippen LogP contribution in [0.25, 0.3) is 0 Å². The third-order valence-corrected chi connectivity index (χ3v) is 4.97. The average Bonchev–Trinajstić information content (AvgIpc) is 2.66. The summed E-state index contributed by atoms with van der Waals surface area (Å²) in [5.74, 6) is 1.69. The van der Waals surface area contributed by atoms with Crippen LogP contribution < -0.4 is 10.6 Å². The van der Waals surface area contributed by atoms with Crippen molar-refractivity contribution in [2.75, 3.05) is 13.1 Å². The predicted molar refractivity (Wildman–Crippen MR) is 119 cm³/mol. The Morgan fingerprint density at radius 1 is 1.27 bits per heavy atom. The van der Waals surface area contributed by atoms with Crippen molar-refractivity contribution in [3.8, 4) is 0 Å². The monoisotopic (exact) mass is 474 g/mol. The van der Waals surface area contributed by atoms with Gasteiger partial charge in [-0.2, -0.15) is 0 Å². The van der Waals surface area contributed by atoms with E-state index in [-0.39, 0.29) is 24.0 Å².